The van der Waals surface area contributed by atoms with E-state index in [9.17, 15) is 18.0 Å². The van der Waals surface area contributed by atoms with Gasteiger partial charge in [0.15, 0.2) is 5.78 Å². The lowest BCUT2D eigenvalue weighted by molar-refractivity contribution is 0.104. The molecule has 40 heavy (non-hydrogen) atoms. The first kappa shape index (κ1) is 29.1. The first-order valence-electron chi connectivity index (χ1n) is 11.6. The van der Waals surface area contributed by atoms with Crippen LogP contribution in [0.2, 0.25) is 10.0 Å². The summed E-state index contributed by atoms with van der Waals surface area (Å²) in [7, 11) is -2.94. The third-order valence-corrected chi connectivity index (χ3v) is 6.63. The number of ketones is 1. The lowest BCUT2D eigenvalue weighted by Gasteiger charge is -2.23. The van der Waals surface area contributed by atoms with Crippen LogP contribution in [-0.4, -0.2) is 48.1 Å². The van der Waals surface area contributed by atoms with Gasteiger partial charge < -0.3 is 20.4 Å². The molecular weight excluding hydrogens is 583 g/mol. The van der Waals surface area contributed by atoms with E-state index < -0.39 is 21.9 Å². The Kier molecular flexibility index (Phi) is 8.21. The Balaban J connectivity index is 1.82. The molecule has 0 saturated heterocycles. The van der Waals surface area contributed by atoms with Crippen molar-refractivity contribution in [1.82, 2.24) is 14.5 Å². The molecule has 2 heterocycles. The lowest BCUT2D eigenvalue weighted by Crippen LogP contribution is -2.37. The predicted molar refractivity (Wildman–Crippen MR) is 153 cm³/mol. The summed E-state index contributed by atoms with van der Waals surface area (Å²) in [5, 5.41) is 3.70. The van der Waals surface area contributed by atoms with Gasteiger partial charge in [-0.05, 0) is 50.2 Å². The highest BCUT2D eigenvalue weighted by Crippen LogP contribution is 2.34. The standard InChI is InChI=1S/C25H24Cl2N6O6S/c1-13(2)32-11-16(21-23(28)29-12-30-24(21)32)22(34)14-5-8-20(38-3)19(9-14)33(39-40(4,36)37)25(35)31-18-7-6-15(26)10-17(18)27/h5-13H,1-4H3,(H,31,35)(H2,28,29,30). The minimum absolute atomic E-state index is 0.0324. The molecule has 0 fully saturated rings. The number of hydrogen-bond acceptors (Lipinski definition) is 9. The molecule has 0 aliphatic rings. The number of nitrogen functional groups attached to an aromatic ring is 1. The van der Waals surface area contributed by atoms with Crippen LogP contribution in [0.5, 0.6) is 5.75 Å². The number of fused-ring (bicyclic) bond motifs is 1. The number of nitrogens with zero attached hydrogens (tertiary/aromatic N) is 4. The number of nitrogens with one attached hydrogen (secondary N) is 1. The van der Waals surface area contributed by atoms with Crippen molar-refractivity contribution in [2.24, 2.45) is 0 Å². The molecule has 0 aliphatic heterocycles. The smallest absolute Gasteiger partial charge is 0.351 e. The second-order valence-electron chi connectivity index (χ2n) is 8.84. The number of carbonyl (C=O) groups excluding carboxylic acids is 2. The van der Waals surface area contributed by atoms with E-state index in [1.807, 2.05) is 13.8 Å². The van der Waals surface area contributed by atoms with Gasteiger partial charge in [-0.1, -0.05) is 23.2 Å². The molecule has 2 amide bonds. The fourth-order valence-electron chi connectivity index (χ4n) is 3.90. The zero-order chi connectivity index (χ0) is 29.4. The van der Waals surface area contributed by atoms with Crippen molar-refractivity contribution in [2.45, 2.75) is 19.9 Å². The Hall–Kier alpha value is -3.91. The monoisotopic (exact) mass is 606 g/mol. The fraction of sp³-hybridized carbons (Fsp3) is 0.200. The molecular formula is C25H24Cl2N6O6S. The van der Waals surface area contributed by atoms with Gasteiger partial charge in [0.2, 0.25) is 0 Å². The Morgan fingerprint density at radius 3 is 2.48 bits per heavy atom. The lowest BCUT2D eigenvalue weighted by atomic mass is 10.0. The van der Waals surface area contributed by atoms with Gasteiger partial charge in [0, 0.05) is 22.8 Å². The predicted octanol–water partition coefficient (Wildman–Crippen LogP) is 5.07. The molecule has 0 radical (unpaired) electrons. The van der Waals surface area contributed by atoms with Gasteiger partial charge in [0.25, 0.3) is 10.1 Å². The fourth-order valence-corrected chi connectivity index (χ4v) is 4.77. The first-order valence-corrected chi connectivity index (χ1v) is 14.2. The number of nitrogens with two attached hydrogens (primary N) is 1. The Morgan fingerprint density at radius 2 is 1.85 bits per heavy atom. The third-order valence-electron chi connectivity index (χ3n) is 5.67. The van der Waals surface area contributed by atoms with Crippen LogP contribution in [0.3, 0.4) is 0 Å². The third kappa shape index (κ3) is 5.97. The molecule has 0 aliphatic carbocycles. The zero-order valence-corrected chi connectivity index (χ0v) is 24.0. The van der Waals surface area contributed by atoms with Crippen LogP contribution in [0.1, 0.15) is 35.8 Å². The van der Waals surface area contributed by atoms with Gasteiger partial charge in [0.1, 0.15) is 29.2 Å². The van der Waals surface area contributed by atoms with E-state index in [1.165, 1.54) is 49.8 Å². The molecule has 3 N–H and O–H groups in total. The van der Waals surface area contributed by atoms with Gasteiger partial charge in [-0.3, -0.25) is 4.79 Å². The topological polar surface area (TPSA) is 159 Å². The van der Waals surface area contributed by atoms with Crippen LogP contribution >= 0.6 is 23.2 Å². The molecule has 15 heteroatoms. The van der Waals surface area contributed by atoms with E-state index in [2.05, 4.69) is 15.3 Å². The van der Waals surface area contributed by atoms with Crippen LogP contribution < -0.4 is 20.9 Å². The summed E-state index contributed by atoms with van der Waals surface area (Å²) in [6, 6.07) is 7.31. The van der Waals surface area contributed by atoms with E-state index in [4.69, 9.17) is 38.0 Å². The SMILES string of the molecule is COc1ccc(C(=O)c2cn(C(C)C)c3ncnc(N)c23)cc1N(OS(C)(=O)=O)C(=O)Nc1ccc(Cl)cc1Cl. The van der Waals surface area contributed by atoms with Crippen LogP contribution in [-0.2, 0) is 14.4 Å². The summed E-state index contributed by atoms with van der Waals surface area (Å²) in [6.07, 6.45) is 3.68. The molecule has 4 rings (SSSR count). The number of urea groups is 1. The molecule has 210 valence electrons. The summed E-state index contributed by atoms with van der Waals surface area (Å²) < 4.78 is 36.5. The Morgan fingerprint density at radius 1 is 1.12 bits per heavy atom. The summed E-state index contributed by atoms with van der Waals surface area (Å²) in [6.45, 7) is 3.84. The number of methoxy groups -OCH3 is 1. The zero-order valence-electron chi connectivity index (χ0n) is 21.7. The molecule has 4 aromatic rings. The second kappa shape index (κ2) is 11.3. The van der Waals surface area contributed by atoms with Crippen LogP contribution in [0.15, 0.2) is 48.9 Å². The van der Waals surface area contributed by atoms with Crippen molar-refractivity contribution in [3.63, 3.8) is 0 Å². The molecule has 2 aromatic carbocycles. The number of amides is 2. The maximum Gasteiger partial charge on any atom is 0.351 e. The van der Waals surface area contributed by atoms with E-state index in [0.717, 1.165) is 6.26 Å². The minimum atomic E-state index is -4.24. The Labute approximate surface area is 239 Å². The van der Waals surface area contributed by atoms with E-state index in [-0.39, 0.29) is 45.1 Å². The van der Waals surface area contributed by atoms with Gasteiger partial charge in [0.05, 0.1) is 35.0 Å². The highest BCUT2D eigenvalue weighted by molar-refractivity contribution is 7.86. The normalized spacial score (nSPS) is 11.6. The maximum atomic E-state index is 13.8. The summed E-state index contributed by atoms with van der Waals surface area (Å²) in [4.78, 5) is 35.4. The summed E-state index contributed by atoms with van der Waals surface area (Å²) >= 11 is 12.1. The van der Waals surface area contributed by atoms with Gasteiger partial charge in [-0.25, -0.2) is 14.8 Å². The molecule has 0 atom stereocenters. The van der Waals surface area contributed by atoms with Crippen LogP contribution in [0.4, 0.5) is 22.0 Å². The van der Waals surface area contributed by atoms with Crippen molar-refractivity contribution in [3.05, 3.63) is 70.1 Å². The number of rotatable bonds is 8. The molecule has 12 nitrogen and oxygen atoms in total. The highest BCUT2D eigenvalue weighted by Gasteiger charge is 2.28. The van der Waals surface area contributed by atoms with Gasteiger partial charge >= 0.3 is 6.03 Å². The number of benzene rings is 2. The van der Waals surface area contributed by atoms with Crippen LogP contribution in [0, 0.1) is 0 Å². The van der Waals surface area contributed by atoms with Gasteiger partial charge in [-0.2, -0.15) is 8.42 Å². The van der Waals surface area contributed by atoms with E-state index in [1.54, 1.807) is 10.8 Å². The summed E-state index contributed by atoms with van der Waals surface area (Å²) in [5.41, 5.74) is 6.81. The molecule has 2 aromatic heterocycles. The highest BCUT2D eigenvalue weighted by atomic mass is 35.5. The number of ether oxygens (including phenoxy) is 1. The van der Waals surface area contributed by atoms with E-state index >= 15 is 0 Å². The number of hydroxylamine groups is 1. The van der Waals surface area contributed by atoms with Crippen molar-refractivity contribution < 1.29 is 27.0 Å². The van der Waals surface area contributed by atoms with Gasteiger partial charge in [-0.15, -0.1) is 9.35 Å². The number of halogens is 2. The number of hydrogen-bond donors (Lipinski definition) is 2. The minimum Gasteiger partial charge on any atom is -0.494 e. The number of aromatic nitrogens is 3. The average molecular weight is 607 g/mol. The first-order chi connectivity index (χ1) is 18.8. The van der Waals surface area contributed by atoms with Crippen molar-refractivity contribution >= 4 is 73.4 Å². The number of anilines is 3. The Bertz CT molecular complexity index is 1740. The second-order valence-corrected chi connectivity index (χ2v) is 11.2. The molecule has 0 unspecified atom stereocenters. The molecule has 0 spiro atoms. The van der Waals surface area contributed by atoms with E-state index in [0.29, 0.717) is 21.1 Å². The number of carbonyl (C=O) groups is 2. The quantitative estimate of drug-likeness (QED) is 0.206. The maximum absolute atomic E-state index is 13.8. The largest absolute Gasteiger partial charge is 0.494 e. The van der Waals surface area contributed by atoms with Crippen molar-refractivity contribution in [1.29, 1.82) is 0 Å². The average Bonchev–Trinajstić information content (AvgIpc) is 3.29. The van der Waals surface area contributed by atoms with Crippen molar-refractivity contribution in [3.8, 4) is 5.75 Å². The molecule has 0 bridgehead atoms. The van der Waals surface area contributed by atoms with Crippen molar-refractivity contribution in [2.75, 3.05) is 29.5 Å². The molecule has 0 saturated carbocycles. The van der Waals surface area contributed by atoms with Crippen LogP contribution in [0.25, 0.3) is 11.0 Å². The summed E-state index contributed by atoms with van der Waals surface area (Å²) in [5.74, 6) is -0.344.